The lowest BCUT2D eigenvalue weighted by atomic mass is 10.0. The zero-order valence-corrected chi connectivity index (χ0v) is 25.0. The molecule has 222 valence electrons. The van der Waals surface area contributed by atoms with Gasteiger partial charge in [-0.1, -0.05) is 48.6 Å². The van der Waals surface area contributed by atoms with E-state index in [9.17, 15) is 4.79 Å². The molecule has 0 saturated carbocycles. The highest BCUT2D eigenvalue weighted by Gasteiger charge is 2.22. The SMILES string of the molecule is CN1CCN(CCNc2nc(-c3ccccc3)nc3c2nc(C2=CCCC=C2)c(=O)n3CCN2CCN(C)CC2)CC1. The summed E-state index contributed by atoms with van der Waals surface area (Å²) in [5, 5.41) is 3.61. The highest BCUT2D eigenvalue weighted by molar-refractivity contribution is 5.87. The van der Waals surface area contributed by atoms with E-state index in [0.717, 1.165) is 96.0 Å². The van der Waals surface area contributed by atoms with Crippen molar-refractivity contribution in [3.05, 3.63) is 64.6 Å². The van der Waals surface area contributed by atoms with Gasteiger partial charge in [-0.15, -0.1) is 0 Å². The third kappa shape index (κ3) is 6.62. The summed E-state index contributed by atoms with van der Waals surface area (Å²) in [6.07, 6.45) is 8.17. The second-order valence-electron chi connectivity index (χ2n) is 11.7. The Hall–Kier alpha value is -3.44. The normalized spacial score (nSPS) is 19.3. The van der Waals surface area contributed by atoms with Crippen LogP contribution in [-0.4, -0.2) is 125 Å². The summed E-state index contributed by atoms with van der Waals surface area (Å²) in [6, 6.07) is 10.0. The first kappa shape index (κ1) is 28.7. The maximum Gasteiger partial charge on any atom is 0.278 e. The van der Waals surface area contributed by atoms with Gasteiger partial charge >= 0.3 is 0 Å². The molecule has 3 aliphatic rings. The zero-order chi connectivity index (χ0) is 28.9. The molecule has 1 aromatic carbocycles. The van der Waals surface area contributed by atoms with Crippen LogP contribution in [0.25, 0.3) is 28.1 Å². The van der Waals surface area contributed by atoms with Gasteiger partial charge in [-0.05, 0) is 26.9 Å². The number of aromatic nitrogens is 4. The Morgan fingerprint density at radius 2 is 1.48 bits per heavy atom. The van der Waals surface area contributed by atoms with Gasteiger partial charge in [-0.3, -0.25) is 19.2 Å². The summed E-state index contributed by atoms with van der Waals surface area (Å²) < 4.78 is 1.85. The van der Waals surface area contributed by atoms with E-state index in [1.54, 1.807) is 0 Å². The largest absolute Gasteiger partial charge is 0.367 e. The minimum absolute atomic E-state index is 0.0875. The molecule has 0 radical (unpaired) electrons. The molecule has 1 N–H and O–H groups in total. The minimum atomic E-state index is -0.0875. The number of allylic oxidation sites excluding steroid dienone is 4. The van der Waals surface area contributed by atoms with Crippen LogP contribution in [0.3, 0.4) is 0 Å². The average molecular weight is 570 g/mol. The summed E-state index contributed by atoms with van der Waals surface area (Å²) in [5.74, 6) is 1.28. The van der Waals surface area contributed by atoms with Crippen molar-refractivity contribution in [1.82, 2.24) is 39.1 Å². The molecular weight excluding hydrogens is 526 g/mol. The minimum Gasteiger partial charge on any atom is -0.367 e. The molecule has 2 aliphatic heterocycles. The first-order chi connectivity index (χ1) is 20.5. The van der Waals surface area contributed by atoms with Crippen molar-refractivity contribution in [1.29, 1.82) is 0 Å². The second-order valence-corrected chi connectivity index (χ2v) is 11.7. The summed E-state index contributed by atoms with van der Waals surface area (Å²) in [6.45, 7) is 11.4. The highest BCUT2D eigenvalue weighted by atomic mass is 16.1. The monoisotopic (exact) mass is 569 g/mol. The van der Waals surface area contributed by atoms with Crippen molar-refractivity contribution in [3.63, 3.8) is 0 Å². The van der Waals surface area contributed by atoms with Crippen LogP contribution < -0.4 is 10.9 Å². The van der Waals surface area contributed by atoms with Crippen LogP contribution in [0.1, 0.15) is 18.5 Å². The van der Waals surface area contributed by atoms with E-state index in [1.165, 1.54) is 0 Å². The molecule has 1 aliphatic carbocycles. The van der Waals surface area contributed by atoms with Crippen molar-refractivity contribution in [2.45, 2.75) is 19.4 Å². The Bertz CT molecular complexity index is 1480. The van der Waals surface area contributed by atoms with Crippen LogP contribution in [0.5, 0.6) is 0 Å². The van der Waals surface area contributed by atoms with Gasteiger partial charge in [-0.2, -0.15) is 0 Å². The first-order valence-electron chi connectivity index (χ1n) is 15.4. The molecule has 0 bridgehead atoms. The van der Waals surface area contributed by atoms with Gasteiger partial charge in [0.2, 0.25) is 0 Å². The third-order valence-electron chi connectivity index (χ3n) is 8.65. The van der Waals surface area contributed by atoms with E-state index in [1.807, 2.05) is 41.0 Å². The Morgan fingerprint density at radius 3 is 2.14 bits per heavy atom. The number of piperazine rings is 2. The summed E-state index contributed by atoms with van der Waals surface area (Å²) in [7, 11) is 4.34. The number of anilines is 1. The number of likely N-dealkylation sites (N-methyl/N-ethyl adjacent to an activating group) is 2. The van der Waals surface area contributed by atoms with Gasteiger partial charge in [0, 0.05) is 89.7 Å². The number of rotatable bonds is 9. The predicted molar refractivity (Wildman–Crippen MR) is 170 cm³/mol. The van der Waals surface area contributed by atoms with Crippen LogP contribution in [0.4, 0.5) is 5.82 Å². The van der Waals surface area contributed by atoms with Crippen molar-refractivity contribution < 1.29 is 0 Å². The Labute approximate surface area is 248 Å². The quantitative estimate of drug-likeness (QED) is 0.418. The second kappa shape index (κ2) is 13.2. The Kier molecular flexibility index (Phi) is 9.04. The molecule has 0 unspecified atom stereocenters. The van der Waals surface area contributed by atoms with Crippen molar-refractivity contribution in [3.8, 4) is 11.4 Å². The summed E-state index contributed by atoms with van der Waals surface area (Å²) in [4.78, 5) is 38.8. The lowest BCUT2D eigenvalue weighted by Gasteiger charge is -2.32. The average Bonchev–Trinajstić information content (AvgIpc) is 3.03. The predicted octanol–water partition coefficient (Wildman–Crippen LogP) is 2.49. The van der Waals surface area contributed by atoms with Gasteiger partial charge in [0.1, 0.15) is 11.2 Å². The number of fused-ring (bicyclic) bond motifs is 1. The molecule has 2 fully saturated rings. The van der Waals surface area contributed by atoms with Gasteiger partial charge in [0.05, 0.1) is 0 Å². The van der Waals surface area contributed by atoms with E-state index < -0.39 is 0 Å². The smallest absolute Gasteiger partial charge is 0.278 e. The lowest BCUT2D eigenvalue weighted by Crippen LogP contribution is -2.46. The molecule has 2 saturated heterocycles. The van der Waals surface area contributed by atoms with Crippen LogP contribution in [-0.2, 0) is 6.54 Å². The first-order valence-corrected chi connectivity index (χ1v) is 15.4. The molecule has 3 aromatic rings. The molecule has 10 heteroatoms. The molecule has 10 nitrogen and oxygen atoms in total. The molecule has 42 heavy (non-hydrogen) atoms. The molecule has 4 heterocycles. The fourth-order valence-corrected chi connectivity index (χ4v) is 5.86. The fraction of sp³-hybridized carbons (Fsp3) is 0.500. The van der Waals surface area contributed by atoms with E-state index in [2.05, 4.69) is 51.2 Å². The Morgan fingerprint density at radius 1 is 0.786 bits per heavy atom. The highest BCUT2D eigenvalue weighted by Crippen LogP contribution is 2.26. The van der Waals surface area contributed by atoms with E-state index >= 15 is 0 Å². The van der Waals surface area contributed by atoms with Crippen molar-refractivity contribution in [2.24, 2.45) is 0 Å². The van der Waals surface area contributed by atoms with Crippen LogP contribution in [0.2, 0.25) is 0 Å². The third-order valence-corrected chi connectivity index (χ3v) is 8.65. The van der Waals surface area contributed by atoms with E-state index in [4.69, 9.17) is 15.0 Å². The number of benzene rings is 1. The van der Waals surface area contributed by atoms with Crippen molar-refractivity contribution in [2.75, 3.05) is 91.4 Å². The van der Waals surface area contributed by atoms with Crippen LogP contribution in [0, 0.1) is 0 Å². The number of hydrogen-bond donors (Lipinski definition) is 1. The molecular formula is C32H43N9O. The maximum absolute atomic E-state index is 14.1. The fourth-order valence-electron chi connectivity index (χ4n) is 5.86. The van der Waals surface area contributed by atoms with Crippen LogP contribution in [0.15, 0.2) is 53.4 Å². The molecule has 2 aromatic heterocycles. The lowest BCUT2D eigenvalue weighted by molar-refractivity contribution is 0.150. The van der Waals surface area contributed by atoms with Gasteiger partial charge < -0.3 is 15.1 Å². The number of hydrogen-bond acceptors (Lipinski definition) is 9. The van der Waals surface area contributed by atoms with Gasteiger partial charge in [0.25, 0.3) is 5.56 Å². The summed E-state index contributed by atoms with van der Waals surface area (Å²) in [5.41, 5.74) is 3.44. The van der Waals surface area contributed by atoms with Gasteiger partial charge in [0.15, 0.2) is 17.3 Å². The molecule has 0 spiro atoms. The molecule has 0 atom stereocenters. The van der Waals surface area contributed by atoms with E-state index in [-0.39, 0.29) is 5.56 Å². The van der Waals surface area contributed by atoms with Gasteiger partial charge in [-0.25, -0.2) is 15.0 Å². The standard InChI is InChI=1S/C32H43N9O/c1-37-15-19-39(20-16-37)14-13-33-30-28-31(36-29(35-30)26-11-7-4-8-12-26)41(24-23-40-21-17-38(2)18-22-40)32(42)27(34-28)25-9-5-3-6-10-25/h4-5,7-12H,3,6,13-24H2,1-2H3,(H,33,35,36). The van der Waals surface area contributed by atoms with E-state index in [0.29, 0.717) is 35.0 Å². The molecule has 0 amide bonds. The Balaban J connectivity index is 1.40. The topological polar surface area (TPSA) is 85.7 Å². The maximum atomic E-state index is 14.1. The zero-order valence-electron chi connectivity index (χ0n) is 25.0. The number of nitrogens with one attached hydrogen (secondary N) is 1. The number of nitrogens with zero attached hydrogens (tertiary/aromatic N) is 8. The van der Waals surface area contributed by atoms with Crippen molar-refractivity contribution >= 4 is 22.6 Å². The molecule has 6 rings (SSSR count). The summed E-state index contributed by atoms with van der Waals surface area (Å²) >= 11 is 0. The van der Waals surface area contributed by atoms with Crippen LogP contribution >= 0.6 is 0 Å².